The Hall–Kier alpha value is -4.06. The number of carbonyl (C=O) groups is 1. The fraction of sp³-hybridized carbons (Fsp3) is 0.353. The molecule has 2 aliphatic heterocycles. The minimum Gasteiger partial charge on any atom is -0.485 e. The zero-order valence-corrected chi connectivity index (χ0v) is 25.8. The van der Waals surface area contributed by atoms with Crippen LogP contribution in [0.15, 0.2) is 52.9 Å². The topological polar surface area (TPSA) is 79.0 Å². The second-order valence-electron chi connectivity index (χ2n) is 11.8. The summed E-state index contributed by atoms with van der Waals surface area (Å²) in [6, 6.07) is 11.1. The Morgan fingerprint density at radius 1 is 1.07 bits per heavy atom. The van der Waals surface area contributed by atoms with E-state index in [9.17, 15) is 13.6 Å². The first-order chi connectivity index (χ1) is 22.3. The molecule has 0 radical (unpaired) electrons. The minimum absolute atomic E-state index is 0.0290. The van der Waals surface area contributed by atoms with Crippen LogP contribution in [0.5, 0.6) is 5.75 Å². The lowest BCUT2D eigenvalue weighted by molar-refractivity contribution is -0.0592. The summed E-state index contributed by atoms with van der Waals surface area (Å²) in [5.41, 5.74) is 3.24. The van der Waals surface area contributed by atoms with E-state index in [4.69, 9.17) is 35.2 Å². The van der Waals surface area contributed by atoms with Crippen LogP contribution in [0.3, 0.4) is 0 Å². The molecule has 3 aromatic carbocycles. The van der Waals surface area contributed by atoms with Crippen LogP contribution in [0.1, 0.15) is 52.5 Å². The van der Waals surface area contributed by atoms with Gasteiger partial charge in [0.15, 0.2) is 11.6 Å². The summed E-state index contributed by atoms with van der Waals surface area (Å²) in [7, 11) is 1.36. The van der Waals surface area contributed by atoms with Crippen molar-refractivity contribution in [3.63, 3.8) is 0 Å². The van der Waals surface area contributed by atoms with Gasteiger partial charge < -0.3 is 23.2 Å². The number of benzene rings is 3. The molecule has 0 aliphatic carbocycles. The number of nitrogens with zero attached hydrogens (tertiary/aromatic N) is 3. The zero-order chi connectivity index (χ0) is 31.9. The van der Waals surface area contributed by atoms with E-state index in [2.05, 4.69) is 9.47 Å². The van der Waals surface area contributed by atoms with Crippen LogP contribution in [-0.2, 0) is 29.2 Å². The summed E-state index contributed by atoms with van der Waals surface area (Å²) < 4.78 is 67.4. The quantitative estimate of drug-likeness (QED) is 0.154. The van der Waals surface area contributed by atoms with Crippen LogP contribution >= 0.6 is 11.6 Å². The van der Waals surface area contributed by atoms with Gasteiger partial charge in [0.1, 0.15) is 23.8 Å². The summed E-state index contributed by atoms with van der Waals surface area (Å²) in [6.45, 7) is 3.14. The Balaban J connectivity index is 1.08. The third-order valence-electron chi connectivity index (χ3n) is 8.91. The predicted octanol–water partition coefficient (Wildman–Crippen LogP) is 7.39. The number of piperidine rings is 1. The molecule has 0 bridgehead atoms. The maximum atomic E-state index is 15.2. The molecular weight excluding hydrogens is 623 g/mol. The van der Waals surface area contributed by atoms with Crippen LogP contribution in [0.4, 0.5) is 13.2 Å². The van der Waals surface area contributed by atoms with Gasteiger partial charge in [0.2, 0.25) is 0 Å². The number of furan rings is 1. The molecule has 2 fully saturated rings. The lowest BCUT2D eigenvalue weighted by Crippen LogP contribution is -2.35. The molecule has 12 heteroatoms. The number of halogens is 4. The van der Waals surface area contributed by atoms with E-state index in [1.807, 2.05) is 6.07 Å². The van der Waals surface area contributed by atoms with Crippen LogP contribution in [-0.4, -0.2) is 53.3 Å². The van der Waals surface area contributed by atoms with Gasteiger partial charge in [0.25, 0.3) is 6.01 Å². The molecule has 0 unspecified atom stereocenters. The Labute approximate surface area is 267 Å². The van der Waals surface area contributed by atoms with Gasteiger partial charge in [-0.2, -0.15) is 4.39 Å². The molecule has 2 aliphatic rings. The first-order valence-electron chi connectivity index (χ1n) is 15.2. The Bertz CT molecular complexity index is 1930. The summed E-state index contributed by atoms with van der Waals surface area (Å²) in [5.74, 6) is -1.21. The highest BCUT2D eigenvalue weighted by Crippen LogP contribution is 2.38. The van der Waals surface area contributed by atoms with E-state index in [0.717, 1.165) is 36.0 Å². The molecule has 4 heterocycles. The fourth-order valence-electron chi connectivity index (χ4n) is 6.39. The molecule has 0 saturated carbocycles. The highest BCUT2D eigenvalue weighted by molar-refractivity contribution is 6.35. The average molecular weight is 654 g/mol. The van der Waals surface area contributed by atoms with Crippen molar-refractivity contribution < 1.29 is 36.6 Å². The molecule has 240 valence electrons. The monoisotopic (exact) mass is 653 g/mol. The van der Waals surface area contributed by atoms with E-state index < -0.39 is 23.6 Å². The fourth-order valence-corrected chi connectivity index (χ4v) is 6.59. The normalized spacial score (nSPS) is 17.5. The second kappa shape index (κ2) is 12.6. The SMILES string of the molecule is COC(=O)c1ccc2nc(CN3CCC(c4cc(F)cc(F)c4OCc4ccc(Cl)c5cc(F)oc45)CC3)n(C[C@@H]3CCO3)c2c1. The molecule has 2 saturated heterocycles. The van der Waals surface area contributed by atoms with Crippen LogP contribution in [0.25, 0.3) is 22.0 Å². The van der Waals surface area contributed by atoms with Crippen molar-refractivity contribution >= 4 is 39.6 Å². The molecule has 5 aromatic rings. The van der Waals surface area contributed by atoms with E-state index in [-0.39, 0.29) is 30.0 Å². The minimum atomic E-state index is -0.800. The van der Waals surface area contributed by atoms with Crippen molar-refractivity contribution in [2.24, 2.45) is 0 Å². The van der Waals surface area contributed by atoms with E-state index in [0.29, 0.717) is 66.1 Å². The number of hydrogen-bond donors (Lipinski definition) is 0. The van der Waals surface area contributed by atoms with Gasteiger partial charge in [0.05, 0.1) is 47.9 Å². The Kier molecular flexibility index (Phi) is 8.39. The maximum Gasteiger partial charge on any atom is 0.337 e. The molecule has 0 amide bonds. The maximum absolute atomic E-state index is 15.2. The second-order valence-corrected chi connectivity index (χ2v) is 12.2. The van der Waals surface area contributed by atoms with Crippen molar-refractivity contribution in [3.05, 3.63) is 93.7 Å². The highest BCUT2D eigenvalue weighted by Gasteiger charge is 2.28. The lowest BCUT2D eigenvalue weighted by Gasteiger charge is -2.33. The zero-order valence-electron chi connectivity index (χ0n) is 25.0. The van der Waals surface area contributed by atoms with Crippen molar-refractivity contribution in [1.29, 1.82) is 0 Å². The number of aromatic nitrogens is 2. The molecule has 8 nitrogen and oxygen atoms in total. The average Bonchev–Trinajstić information content (AvgIpc) is 3.58. The number of rotatable bonds is 9. The van der Waals surface area contributed by atoms with Crippen LogP contribution in [0.2, 0.25) is 5.02 Å². The van der Waals surface area contributed by atoms with Crippen LogP contribution < -0.4 is 4.74 Å². The number of esters is 1. The molecule has 0 N–H and O–H groups in total. The van der Waals surface area contributed by atoms with Crippen molar-refractivity contribution in [1.82, 2.24) is 14.5 Å². The summed E-state index contributed by atoms with van der Waals surface area (Å²) >= 11 is 6.17. The highest BCUT2D eigenvalue weighted by atomic mass is 35.5. The summed E-state index contributed by atoms with van der Waals surface area (Å²) in [4.78, 5) is 19.4. The first kappa shape index (κ1) is 30.6. The van der Waals surface area contributed by atoms with Crippen molar-refractivity contribution in [2.75, 3.05) is 26.8 Å². The molecule has 2 aromatic heterocycles. The third-order valence-corrected chi connectivity index (χ3v) is 9.24. The van der Waals surface area contributed by atoms with E-state index >= 15 is 4.39 Å². The Morgan fingerprint density at radius 3 is 2.61 bits per heavy atom. The predicted molar refractivity (Wildman–Crippen MR) is 165 cm³/mol. The lowest BCUT2D eigenvalue weighted by atomic mass is 9.88. The number of hydrogen-bond acceptors (Lipinski definition) is 7. The largest absolute Gasteiger partial charge is 0.485 e. The van der Waals surface area contributed by atoms with Crippen LogP contribution in [0, 0.1) is 17.6 Å². The molecule has 7 rings (SSSR count). The van der Waals surface area contributed by atoms with Gasteiger partial charge in [-0.25, -0.2) is 18.6 Å². The van der Waals surface area contributed by atoms with Crippen molar-refractivity contribution in [2.45, 2.75) is 51.0 Å². The molecule has 1 atom stereocenters. The van der Waals surface area contributed by atoms with E-state index in [1.54, 1.807) is 24.3 Å². The number of carbonyl (C=O) groups excluding carboxylic acids is 1. The van der Waals surface area contributed by atoms with Gasteiger partial charge >= 0.3 is 5.97 Å². The summed E-state index contributed by atoms with van der Waals surface area (Å²) in [6.07, 6.45) is 2.33. The van der Waals surface area contributed by atoms with Crippen molar-refractivity contribution in [3.8, 4) is 5.75 Å². The third kappa shape index (κ3) is 5.94. The van der Waals surface area contributed by atoms with Gasteiger partial charge in [0, 0.05) is 35.3 Å². The number of methoxy groups -OCH3 is 1. The molecule has 0 spiro atoms. The molecular formula is C34H31ClF3N3O5. The number of likely N-dealkylation sites (tertiary alicyclic amines) is 1. The number of fused-ring (bicyclic) bond motifs is 2. The van der Waals surface area contributed by atoms with Gasteiger partial charge in [-0.15, -0.1) is 0 Å². The van der Waals surface area contributed by atoms with Gasteiger partial charge in [-0.3, -0.25) is 4.90 Å². The van der Waals surface area contributed by atoms with Gasteiger partial charge in [-0.1, -0.05) is 17.7 Å². The summed E-state index contributed by atoms with van der Waals surface area (Å²) in [5, 5.41) is 0.717. The first-order valence-corrected chi connectivity index (χ1v) is 15.5. The Morgan fingerprint density at radius 2 is 1.87 bits per heavy atom. The standard InChI is InChI=1S/C34H31ClF3N3O5/c1-43-34(42)20-3-5-28-29(12-20)41(16-23-8-11-44-23)31(39-28)17-40-9-6-19(7-10-40)24-13-22(36)14-27(37)33(24)45-18-21-2-4-26(35)25-15-30(38)46-32(21)25/h2-5,12-15,19,23H,6-11,16-18H2,1H3/t23-/m0/s1. The number of ether oxygens (including phenoxy) is 3. The smallest absolute Gasteiger partial charge is 0.337 e. The van der Waals surface area contributed by atoms with Gasteiger partial charge in [-0.05, 0) is 68.6 Å². The van der Waals surface area contributed by atoms with E-state index in [1.165, 1.54) is 19.2 Å². The molecule has 46 heavy (non-hydrogen) atoms. The number of imidazole rings is 1.